The summed E-state index contributed by atoms with van der Waals surface area (Å²) in [6.07, 6.45) is 5.33. The van der Waals surface area contributed by atoms with Crippen molar-refractivity contribution in [1.82, 2.24) is 5.32 Å². The molecular weight excluding hydrogens is 264 g/mol. The van der Waals surface area contributed by atoms with Crippen LogP contribution in [0.5, 0.6) is 0 Å². The molecule has 1 aliphatic heterocycles. The van der Waals surface area contributed by atoms with Crippen molar-refractivity contribution in [2.45, 2.75) is 51.6 Å². The normalized spacial score (nSPS) is 29.0. The van der Waals surface area contributed by atoms with Crippen molar-refractivity contribution in [3.05, 3.63) is 35.9 Å². The van der Waals surface area contributed by atoms with Crippen LogP contribution in [-0.2, 0) is 0 Å². The Hall–Kier alpha value is -0.960. The first kappa shape index (κ1) is 14.0. The van der Waals surface area contributed by atoms with Crippen molar-refractivity contribution in [1.29, 1.82) is 0 Å². The van der Waals surface area contributed by atoms with Crippen LogP contribution in [0.15, 0.2) is 35.3 Å². The first-order chi connectivity index (χ1) is 9.65. The molecular formula is C17H24N2S. The van der Waals surface area contributed by atoms with E-state index in [9.17, 15) is 0 Å². The average molecular weight is 288 g/mol. The summed E-state index contributed by atoms with van der Waals surface area (Å²) < 4.78 is 0. The molecule has 2 unspecified atom stereocenters. The van der Waals surface area contributed by atoms with Crippen LogP contribution in [0.3, 0.4) is 0 Å². The quantitative estimate of drug-likeness (QED) is 0.873. The number of nitrogens with one attached hydrogen (secondary N) is 1. The minimum Gasteiger partial charge on any atom is -0.362 e. The number of amidine groups is 1. The molecule has 1 N–H and O–H groups in total. The molecule has 0 spiro atoms. The molecule has 1 heterocycles. The van der Waals surface area contributed by atoms with Gasteiger partial charge in [-0.1, -0.05) is 68.8 Å². The predicted molar refractivity (Wildman–Crippen MR) is 88.2 cm³/mol. The number of hydrogen-bond acceptors (Lipinski definition) is 3. The van der Waals surface area contributed by atoms with E-state index in [1.165, 1.54) is 31.2 Å². The van der Waals surface area contributed by atoms with E-state index in [1.807, 2.05) is 11.8 Å². The Morgan fingerprint density at radius 1 is 1.20 bits per heavy atom. The summed E-state index contributed by atoms with van der Waals surface area (Å²) >= 11 is 1.88. The SMILES string of the molecule is CC1(C)CCCCC1NC1=NC(c2ccccc2)CS1. The largest absolute Gasteiger partial charge is 0.362 e. The van der Waals surface area contributed by atoms with E-state index < -0.39 is 0 Å². The fraction of sp³-hybridized carbons (Fsp3) is 0.588. The molecule has 1 aliphatic carbocycles. The molecule has 108 valence electrons. The summed E-state index contributed by atoms with van der Waals surface area (Å²) in [6.45, 7) is 4.78. The lowest BCUT2D eigenvalue weighted by Crippen LogP contribution is -2.45. The maximum atomic E-state index is 4.89. The van der Waals surface area contributed by atoms with Crippen LogP contribution in [0.4, 0.5) is 0 Å². The molecule has 0 aromatic heterocycles. The number of aliphatic imine (C=N–C) groups is 1. The number of benzene rings is 1. The zero-order valence-corrected chi connectivity index (χ0v) is 13.2. The second-order valence-corrected chi connectivity index (χ2v) is 7.61. The van der Waals surface area contributed by atoms with Crippen molar-refractivity contribution >= 4 is 16.9 Å². The second-order valence-electron chi connectivity index (χ2n) is 6.60. The Morgan fingerprint density at radius 3 is 2.75 bits per heavy atom. The lowest BCUT2D eigenvalue weighted by atomic mass is 9.73. The van der Waals surface area contributed by atoms with Crippen LogP contribution in [0, 0.1) is 5.41 Å². The van der Waals surface area contributed by atoms with Gasteiger partial charge in [0.2, 0.25) is 0 Å². The van der Waals surface area contributed by atoms with Gasteiger partial charge in [0.15, 0.2) is 5.17 Å². The van der Waals surface area contributed by atoms with Crippen LogP contribution in [0.25, 0.3) is 0 Å². The molecule has 0 amide bonds. The molecule has 2 atom stereocenters. The van der Waals surface area contributed by atoms with Gasteiger partial charge in [-0.25, -0.2) is 0 Å². The maximum absolute atomic E-state index is 4.89. The first-order valence-electron chi connectivity index (χ1n) is 7.67. The highest BCUT2D eigenvalue weighted by Gasteiger charge is 2.33. The van der Waals surface area contributed by atoms with E-state index in [0.29, 0.717) is 17.5 Å². The Kier molecular flexibility index (Phi) is 4.06. The maximum Gasteiger partial charge on any atom is 0.157 e. The average Bonchev–Trinajstić information content (AvgIpc) is 2.91. The predicted octanol–water partition coefficient (Wildman–Crippen LogP) is 4.39. The minimum atomic E-state index is 0.329. The highest BCUT2D eigenvalue weighted by Crippen LogP contribution is 2.37. The van der Waals surface area contributed by atoms with Gasteiger partial charge in [-0.15, -0.1) is 0 Å². The summed E-state index contributed by atoms with van der Waals surface area (Å²) in [7, 11) is 0. The Morgan fingerprint density at radius 2 is 2.00 bits per heavy atom. The summed E-state index contributed by atoms with van der Waals surface area (Å²) in [5, 5.41) is 4.87. The standard InChI is InChI=1S/C17H24N2S/c1-17(2)11-7-6-10-15(17)19-16-18-14(12-20-16)13-8-4-3-5-9-13/h3-5,8-9,14-15H,6-7,10-12H2,1-2H3,(H,18,19). The number of rotatable bonds is 2. The molecule has 1 aromatic carbocycles. The molecule has 2 aliphatic rings. The van der Waals surface area contributed by atoms with Gasteiger partial charge in [0, 0.05) is 11.8 Å². The van der Waals surface area contributed by atoms with E-state index in [4.69, 9.17) is 4.99 Å². The summed E-state index contributed by atoms with van der Waals surface area (Å²) in [5.41, 5.74) is 1.73. The van der Waals surface area contributed by atoms with Gasteiger partial charge in [0.1, 0.15) is 0 Å². The number of hydrogen-bond donors (Lipinski definition) is 1. The monoisotopic (exact) mass is 288 g/mol. The lowest BCUT2D eigenvalue weighted by molar-refractivity contribution is 0.186. The van der Waals surface area contributed by atoms with Gasteiger partial charge < -0.3 is 5.32 Å². The summed E-state index contributed by atoms with van der Waals surface area (Å²) in [6, 6.07) is 11.5. The fourth-order valence-corrected chi connectivity index (χ4v) is 4.22. The number of nitrogens with zero attached hydrogens (tertiary/aromatic N) is 1. The molecule has 1 fully saturated rings. The van der Waals surface area contributed by atoms with Crippen molar-refractivity contribution in [2.75, 3.05) is 5.75 Å². The smallest absolute Gasteiger partial charge is 0.157 e. The Balaban J connectivity index is 1.67. The third kappa shape index (κ3) is 3.03. The molecule has 3 heteroatoms. The van der Waals surface area contributed by atoms with E-state index >= 15 is 0 Å². The van der Waals surface area contributed by atoms with Crippen molar-refractivity contribution in [2.24, 2.45) is 10.4 Å². The number of thioether (sulfide) groups is 1. The van der Waals surface area contributed by atoms with Crippen molar-refractivity contribution < 1.29 is 0 Å². The van der Waals surface area contributed by atoms with Gasteiger partial charge in [-0.05, 0) is 23.8 Å². The molecule has 0 saturated heterocycles. The molecule has 20 heavy (non-hydrogen) atoms. The van der Waals surface area contributed by atoms with Gasteiger partial charge in [0.25, 0.3) is 0 Å². The van der Waals surface area contributed by atoms with Gasteiger partial charge in [-0.3, -0.25) is 4.99 Å². The van der Waals surface area contributed by atoms with E-state index in [2.05, 4.69) is 49.5 Å². The summed E-state index contributed by atoms with van der Waals surface area (Å²) in [5.74, 6) is 1.07. The Bertz CT molecular complexity index is 481. The molecule has 0 radical (unpaired) electrons. The third-order valence-electron chi connectivity index (χ3n) is 4.64. The molecule has 0 bridgehead atoms. The Labute approximate surface area is 126 Å². The van der Waals surface area contributed by atoms with Crippen LogP contribution >= 0.6 is 11.8 Å². The first-order valence-corrected chi connectivity index (χ1v) is 8.66. The second kappa shape index (κ2) is 5.80. The lowest BCUT2D eigenvalue weighted by Gasteiger charge is -2.39. The van der Waals surface area contributed by atoms with Gasteiger partial charge >= 0.3 is 0 Å². The third-order valence-corrected chi connectivity index (χ3v) is 5.62. The van der Waals surface area contributed by atoms with Crippen LogP contribution in [0.1, 0.15) is 51.1 Å². The van der Waals surface area contributed by atoms with Crippen molar-refractivity contribution in [3.63, 3.8) is 0 Å². The molecule has 3 rings (SSSR count). The molecule has 1 saturated carbocycles. The fourth-order valence-electron chi connectivity index (χ4n) is 3.21. The zero-order valence-electron chi connectivity index (χ0n) is 12.4. The van der Waals surface area contributed by atoms with Gasteiger partial charge in [0.05, 0.1) is 6.04 Å². The highest BCUT2D eigenvalue weighted by atomic mass is 32.2. The van der Waals surface area contributed by atoms with E-state index in [0.717, 1.165) is 10.9 Å². The minimum absolute atomic E-state index is 0.329. The van der Waals surface area contributed by atoms with Gasteiger partial charge in [-0.2, -0.15) is 0 Å². The van der Waals surface area contributed by atoms with Crippen molar-refractivity contribution in [3.8, 4) is 0 Å². The zero-order chi connectivity index (χ0) is 14.0. The molecule has 1 aromatic rings. The topological polar surface area (TPSA) is 24.4 Å². The summed E-state index contributed by atoms with van der Waals surface area (Å²) in [4.78, 5) is 4.89. The van der Waals surface area contributed by atoms with E-state index in [1.54, 1.807) is 0 Å². The van der Waals surface area contributed by atoms with Crippen LogP contribution in [0.2, 0.25) is 0 Å². The van der Waals surface area contributed by atoms with Crippen LogP contribution in [-0.4, -0.2) is 17.0 Å². The van der Waals surface area contributed by atoms with E-state index in [-0.39, 0.29) is 0 Å². The van der Waals surface area contributed by atoms with Crippen LogP contribution < -0.4 is 5.32 Å². The highest BCUT2D eigenvalue weighted by molar-refractivity contribution is 8.14. The molecule has 2 nitrogen and oxygen atoms in total.